The highest BCUT2D eigenvalue weighted by Crippen LogP contribution is 2.21. The van der Waals surface area contributed by atoms with E-state index in [1.54, 1.807) is 6.20 Å². The van der Waals surface area contributed by atoms with Crippen LogP contribution in [0, 0.1) is 6.92 Å². The van der Waals surface area contributed by atoms with Gasteiger partial charge in [0.15, 0.2) is 0 Å². The lowest BCUT2D eigenvalue weighted by atomic mass is 10.0. The first-order valence-electron chi connectivity index (χ1n) is 8.75. The summed E-state index contributed by atoms with van der Waals surface area (Å²) in [6.07, 6.45) is 9.36. The number of pyridine rings is 1. The van der Waals surface area contributed by atoms with Crippen molar-refractivity contribution in [3.8, 4) is 11.5 Å². The summed E-state index contributed by atoms with van der Waals surface area (Å²) in [5.41, 5.74) is 1.93. The van der Waals surface area contributed by atoms with Crippen LogP contribution in [0.4, 0.5) is 0 Å². The van der Waals surface area contributed by atoms with Crippen LogP contribution in [-0.4, -0.2) is 42.4 Å². The van der Waals surface area contributed by atoms with E-state index in [4.69, 9.17) is 4.52 Å². The van der Waals surface area contributed by atoms with Crippen molar-refractivity contribution in [1.82, 2.24) is 29.8 Å². The van der Waals surface area contributed by atoms with Crippen molar-refractivity contribution < 1.29 is 4.52 Å². The predicted molar refractivity (Wildman–Crippen MR) is 92.5 cm³/mol. The Morgan fingerprint density at radius 1 is 1.28 bits per heavy atom. The number of aryl methyl sites for hydroxylation is 1. The maximum Gasteiger partial charge on any atom is 0.241 e. The van der Waals surface area contributed by atoms with Crippen LogP contribution in [0.25, 0.3) is 11.5 Å². The highest BCUT2D eigenvalue weighted by Gasteiger charge is 2.25. The minimum absolute atomic E-state index is 0.443. The molecule has 0 saturated carbocycles. The maximum absolute atomic E-state index is 5.46. The van der Waals surface area contributed by atoms with Crippen LogP contribution in [0.2, 0.25) is 0 Å². The second kappa shape index (κ2) is 7.14. The molecule has 25 heavy (non-hydrogen) atoms. The molecule has 7 heteroatoms. The molecule has 0 radical (unpaired) electrons. The van der Waals surface area contributed by atoms with E-state index in [0.29, 0.717) is 24.3 Å². The molecule has 130 valence electrons. The van der Waals surface area contributed by atoms with Gasteiger partial charge in [0.2, 0.25) is 11.7 Å². The molecule has 1 aliphatic heterocycles. The predicted octanol–water partition coefficient (Wildman–Crippen LogP) is 2.69. The summed E-state index contributed by atoms with van der Waals surface area (Å²) >= 11 is 0. The first-order chi connectivity index (χ1) is 12.3. The topological polar surface area (TPSA) is 72.9 Å². The molecule has 4 heterocycles. The van der Waals surface area contributed by atoms with Crippen LogP contribution in [-0.2, 0) is 13.1 Å². The number of likely N-dealkylation sites (tertiary alicyclic amines) is 1. The first-order valence-corrected chi connectivity index (χ1v) is 8.75. The minimum Gasteiger partial charge on any atom is -0.337 e. The zero-order valence-corrected chi connectivity index (χ0v) is 14.4. The fourth-order valence-corrected chi connectivity index (χ4v) is 3.35. The minimum atomic E-state index is 0.443. The van der Waals surface area contributed by atoms with Crippen molar-refractivity contribution in [1.29, 1.82) is 0 Å². The SMILES string of the molecule is Cc1cnn(C[C@@H]2CCCCN2Cc2nc(-c3ccccn3)no2)c1. The Balaban J connectivity index is 1.45. The van der Waals surface area contributed by atoms with Gasteiger partial charge >= 0.3 is 0 Å². The van der Waals surface area contributed by atoms with Crippen molar-refractivity contribution in [2.24, 2.45) is 0 Å². The summed E-state index contributed by atoms with van der Waals surface area (Å²) in [6, 6.07) is 6.13. The fourth-order valence-electron chi connectivity index (χ4n) is 3.35. The lowest BCUT2D eigenvalue weighted by Crippen LogP contribution is -2.41. The number of hydrogen-bond donors (Lipinski definition) is 0. The van der Waals surface area contributed by atoms with Crippen LogP contribution < -0.4 is 0 Å². The van der Waals surface area contributed by atoms with Crippen molar-refractivity contribution in [3.05, 3.63) is 48.2 Å². The average Bonchev–Trinajstić information content (AvgIpc) is 3.27. The lowest BCUT2D eigenvalue weighted by molar-refractivity contribution is 0.108. The molecule has 1 saturated heterocycles. The number of aromatic nitrogens is 5. The number of nitrogens with zero attached hydrogens (tertiary/aromatic N) is 6. The highest BCUT2D eigenvalue weighted by atomic mass is 16.5. The van der Waals surface area contributed by atoms with Crippen molar-refractivity contribution >= 4 is 0 Å². The Bertz CT molecular complexity index is 812. The number of piperidine rings is 1. The average molecular weight is 338 g/mol. The Hall–Kier alpha value is -2.54. The van der Waals surface area contributed by atoms with Gasteiger partial charge < -0.3 is 4.52 Å². The molecule has 0 unspecified atom stereocenters. The highest BCUT2D eigenvalue weighted by molar-refractivity contribution is 5.46. The molecule has 1 fully saturated rings. The molecule has 0 spiro atoms. The normalized spacial score (nSPS) is 18.5. The van der Waals surface area contributed by atoms with E-state index in [0.717, 1.165) is 18.8 Å². The smallest absolute Gasteiger partial charge is 0.241 e. The quantitative estimate of drug-likeness (QED) is 0.712. The van der Waals surface area contributed by atoms with E-state index in [1.165, 1.54) is 24.8 Å². The fraction of sp³-hybridized carbons (Fsp3) is 0.444. The third-order valence-electron chi connectivity index (χ3n) is 4.61. The van der Waals surface area contributed by atoms with E-state index < -0.39 is 0 Å². The van der Waals surface area contributed by atoms with Crippen LogP contribution in [0.15, 0.2) is 41.3 Å². The Kier molecular flexibility index (Phi) is 4.56. The van der Waals surface area contributed by atoms with Gasteiger partial charge in [-0.25, -0.2) is 0 Å². The Labute approximate surface area is 146 Å². The summed E-state index contributed by atoms with van der Waals surface area (Å²) in [5, 5.41) is 8.50. The molecule has 3 aromatic heterocycles. The van der Waals surface area contributed by atoms with Crippen LogP contribution in [0.1, 0.15) is 30.7 Å². The number of hydrogen-bond acceptors (Lipinski definition) is 6. The van der Waals surface area contributed by atoms with Crippen molar-refractivity contribution in [2.75, 3.05) is 6.54 Å². The Morgan fingerprint density at radius 3 is 3.04 bits per heavy atom. The largest absolute Gasteiger partial charge is 0.337 e. The van der Waals surface area contributed by atoms with Crippen molar-refractivity contribution in [2.45, 2.75) is 45.3 Å². The van der Waals surface area contributed by atoms with E-state index in [9.17, 15) is 0 Å². The molecule has 1 aliphatic rings. The van der Waals surface area contributed by atoms with E-state index in [1.807, 2.05) is 29.1 Å². The second-order valence-electron chi connectivity index (χ2n) is 6.59. The van der Waals surface area contributed by atoms with Gasteiger partial charge in [0.1, 0.15) is 5.69 Å². The zero-order chi connectivity index (χ0) is 17.1. The monoisotopic (exact) mass is 338 g/mol. The summed E-state index contributed by atoms with van der Waals surface area (Å²) in [6.45, 7) is 4.69. The standard InChI is InChI=1S/C18H22N6O/c1-14-10-20-24(11-14)12-15-6-3-5-9-23(15)13-17-21-18(22-25-17)16-7-2-4-8-19-16/h2,4,7-8,10-11,15H,3,5-6,9,12-13H2,1H3/t15-/m0/s1. The van der Waals surface area contributed by atoms with E-state index >= 15 is 0 Å². The third-order valence-corrected chi connectivity index (χ3v) is 4.61. The van der Waals surface area contributed by atoms with E-state index in [2.05, 4.69) is 38.2 Å². The summed E-state index contributed by atoms with van der Waals surface area (Å²) in [4.78, 5) is 11.2. The molecule has 1 atom stereocenters. The lowest BCUT2D eigenvalue weighted by Gasteiger charge is -2.34. The second-order valence-corrected chi connectivity index (χ2v) is 6.59. The number of rotatable bonds is 5. The van der Waals surface area contributed by atoms with Gasteiger partial charge in [-0.3, -0.25) is 14.6 Å². The van der Waals surface area contributed by atoms with Crippen LogP contribution >= 0.6 is 0 Å². The molecule has 7 nitrogen and oxygen atoms in total. The van der Waals surface area contributed by atoms with E-state index in [-0.39, 0.29) is 0 Å². The van der Waals surface area contributed by atoms with Gasteiger partial charge in [-0.1, -0.05) is 17.6 Å². The van der Waals surface area contributed by atoms with Gasteiger partial charge in [-0.15, -0.1) is 0 Å². The van der Waals surface area contributed by atoms with Crippen LogP contribution in [0.3, 0.4) is 0 Å². The molecule has 0 aromatic carbocycles. The van der Waals surface area contributed by atoms with Crippen LogP contribution in [0.5, 0.6) is 0 Å². The summed E-state index contributed by atoms with van der Waals surface area (Å²) in [7, 11) is 0. The van der Waals surface area contributed by atoms with Crippen molar-refractivity contribution in [3.63, 3.8) is 0 Å². The molecule has 0 N–H and O–H groups in total. The molecular formula is C18H22N6O. The summed E-state index contributed by atoms with van der Waals surface area (Å²) < 4.78 is 7.49. The first kappa shape index (κ1) is 16.0. The van der Waals surface area contributed by atoms with Gasteiger partial charge in [0.05, 0.1) is 19.3 Å². The van der Waals surface area contributed by atoms with Gasteiger partial charge in [0, 0.05) is 18.4 Å². The maximum atomic E-state index is 5.46. The molecular weight excluding hydrogens is 316 g/mol. The Morgan fingerprint density at radius 2 is 2.24 bits per heavy atom. The van der Waals surface area contributed by atoms with Gasteiger partial charge in [-0.05, 0) is 44.0 Å². The molecule has 0 amide bonds. The zero-order valence-electron chi connectivity index (χ0n) is 14.4. The molecule has 3 aromatic rings. The molecule has 4 rings (SSSR count). The van der Waals surface area contributed by atoms with Gasteiger partial charge in [0.25, 0.3) is 0 Å². The molecule has 0 aliphatic carbocycles. The summed E-state index contributed by atoms with van der Waals surface area (Å²) in [5.74, 6) is 1.19. The third kappa shape index (κ3) is 3.76. The molecule has 0 bridgehead atoms. The van der Waals surface area contributed by atoms with Gasteiger partial charge in [-0.2, -0.15) is 10.1 Å².